The maximum absolute atomic E-state index is 12.6. The summed E-state index contributed by atoms with van der Waals surface area (Å²) in [4.78, 5) is 14.9. The standard InChI is InChI=1S/C21H27BrN2O3/c1-5-24(6-2)14-16-9-7-8-15(10-16)13-23-21(25)17-11-18(26-3)20(22)19(12-17)27-4/h7-12H,5-6,13-14H2,1-4H3,(H,23,25). The minimum Gasteiger partial charge on any atom is -0.495 e. The van der Waals surface area contributed by atoms with Gasteiger partial charge in [-0.1, -0.05) is 38.1 Å². The molecule has 5 nitrogen and oxygen atoms in total. The lowest BCUT2D eigenvalue weighted by atomic mass is 10.1. The van der Waals surface area contributed by atoms with Gasteiger partial charge in [0.2, 0.25) is 0 Å². The van der Waals surface area contributed by atoms with E-state index in [1.807, 2.05) is 12.1 Å². The summed E-state index contributed by atoms with van der Waals surface area (Å²) in [5, 5.41) is 2.97. The van der Waals surface area contributed by atoms with Gasteiger partial charge in [-0.25, -0.2) is 0 Å². The van der Waals surface area contributed by atoms with Crippen molar-refractivity contribution in [2.24, 2.45) is 0 Å². The molecule has 0 saturated carbocycles. The van der Waals surface area contributed by atoms with Crippen LogP contribution < -0.4 is 14.8 Å². The van der Waals surface area contributed by atoms with Gasteiger partial charge >= 0.3 is 0 Å². The Labute approximate surface area is 169 Å². The van der Waals surface area contributed by atoms with Crippen molar-refractivity contribution in [3.63, 3.8) is 0 Å². The second-order valence-electron chi connectivity index (χ2n) is 6.16. The van der Waals surface area contributed by atoms with Gasteiger partial charge in [-0.15, -0.1) is 0 Å². The van der Waals surface area contributed by atoms with Crippen LogP contribution in [-0.2, 0) is 13.1 Å². The van der Waals surface area contributed by atoms with Gasteiger partial charge in [0, 0.05) is 18.7 Å². The van der Waals surface area contributed by atoms with Crippen LogP contribution in [0.2, 0.25) is 0 Å². The molecule has 1 N–H and O–H groups in total. The fourth-order valence-electron chi connectivity index (χ4n) is 2.83. The largest absolute Gasteiger partial charge is 0.495 e. The molecule has 0 spiro atoms. The molecule has 0 fully saturated rings. The van der Waals surface area contributed by atoms with E-state index in [-0.39, 0.29) is 5.91 Å². The maximum atomic E-state index is 12.6. The number of halogens is 1. The van der Waals surface area contributed by atoms with Gasteiger partial charge in [0.15, 0.2) is 0 Å². The third-order valence-electron chi connectivity index (χ3n) is 4.45. The number of hydrogen-bond acceptors (Lipinski definition) is 4. The number of carbonyl (C=O) groups is 1. The van der Waals surface area contributed by atoms with Gasteiger partial charge in [0.05, 0.1) is 14.2 Å². The average Bonchev–Trinajstić information content (AvgIpc) is 2.70. The van der Waals surface area contributed by atoms with Crippen molar-refractivity contribution in [3.8, 4) is 11.5 Å². The Morgan fingerprint density at radius 3 is 2.19 bits per heavy atom. The molecule has 0 heterocycles. The molecule has 0 aliphatic carbocycles. The number of amides is 1. The Balaban J connectivity index is 2.07. The van der Waals surface area contributed by atoms with Crippen molar-refractivity contribution in [2.45, 2.75) is 26.9 Å². The molecule has 2 aromatic carbocycles. The van der Waals surface area contributed by atoms with E-state index in [2.05, 4.69) is 52.1 Å². The molecule has 0 aliphatic rings. The van der Waals surface area contributed by atoms with E-state index < -0.39 is 0 Å². The summed E-state index contributed by atoms with van der Waals surface area (Å²) in [7, 11) is 3.12. The van der Waals surface area contributed by atoms with Gasteiger partial charge < -0.3 is 14.8 Å². The SMILES string of the molecule is CCN(CC)Cc1cccc(CNC(=O)c2cc(OC)c(Br)c(OC)c2)c1. The highest BCUT2D eigenvalue weighted by Crippen LogP contribution is 2.35. The first-order valence-electron chi connectivity index (χ1n) is 9.02. The van der Waals surface area contributed by atoms with Crippen LogP contribution in [0.4, 0.5) is 0 Å². The Bertz CT molecular complexity index is 751. The number of nitrogens with one attached hydrogen (secondary N) is 1. The minimum absolute atomic E-state index is 0.173. The fourth-order valence-corrected chi connectivity index (χ4v) is 3.38. The lowest BCUT2D eigenvalue weighted by Gasteiger charge is -2.18. The van der Waals surface area contributed by atoms with Gasteiger partial charge in [0.25, 0.3) is 5.91 Å². The van der Waals surface area contributed by atoms with Crippen LogP contribution >= 0.6 is 15.9 Å². The van der Waals surface area contributed by atoms with E-state index in [1.165, 1.54) is 5.56 Å². The summed E-state index contributed by atoms with van der Waals surface area (Å²) >= 11 is 3.41. The molecule has 2 rings (SSSR count). The average molecular weight is 435 g/mol. The van der Waals surface area contributed by atoms with Gasteiger partial charge in [0.1, 0.15) is 16.0 Å². The molecule has 0 aromatic heterocycles. The molecule has 146 valence electrons. The zero-order valence-corrected chi connectivity index (χ0v) is 17.9. The van der Waals surface area contributed by atoms with Gasteiger partial charge in [-0.2, -0.15) is 0 Å². The molecule has 0 saturated heterocycles. The summed E-state index contributed by atoms with van der Waals surface area (Å²) in [5.74, 6) is 0.940. The molecule has 1 amide bonds. The number of benzene rings is 2. The predicted molar refractivity (Wildman–Crippen MR) is 111 cm³/mol. The maximum Gasteiger partial charge on any atom is 0.251 e. The Morgan fingerprint density at radius 1 is 1.04 bits per heavy atom. The van der Waals surface area contributed by atoms with Gasteiger partial charge in [-0.05, 0) is 52.3 Å². The van der Waals surface area contributed by atoms with E-state index >= 15 is 0 Å². The molecule has 0 atom stereocenters. The summed E-state index contributed by atoms with van der Waals surface area (Å²) in [6.07, 6.45) is 0. The monoisotopic (exact) mass is 434 g/mol. The normalized spacial score (nSPS) is 10.7. The molecule has 27 heavy (non-hydrogen) atoms. The number of hydrogen-bond donors (Lipinski definition) is 1. The summed E-state index contributed by atoms with van der Waals surface area (Å²) in [6, 6.07) is 11.7. The fraction of sp³-hybridized carbons (Fsp3) is 0.381. The van der Waals surface area contributed by atoms with Gasteiger partial charge in [-0.3, -0.25) is 9.69 Å². The summed E-state index contributed by atoms with van der Waals surface area (Å²) in [5.41, 5.74) is 2.81. The van der Waals surface area contributed by atoms with E-state index in [1.54, 1.807) is 26.4 Å². The van der Waals surface area contributed by atoms with Crippen molar-refractivity contribution >= 4 is 21.8 Å². The highest BCUT2D eigenvalue weighted by molar-refractivity contribution is 9.10. The third kappa shape index (κ3) is 5.71. The molecule has 0 radical (unpaired) electrons. The summed E-state index contributed by atoms with van der Waals surface area (Å²) in [6.45, 7) is 7.74. The Hall–Kier alpha value is -2.05. The topological polar surface area (TPSA) is 50.8 Å². The van der Waals surface area contributed by atoms with Crippen LogP contribution in [0, 0.1) is 0 Å². The molecule has 2 aromatic rings. The number of rotatable bonds is 9. The first-order chi connectivity index (χ1) is 13.0. The molecule has 0 aliphatic heterocycles. The smallest absolute Gasteiger partial charge is 0.251 e. The first-order valence-corrected chi connectivity index (χ1v) is 9.81. The molecule has 6 heteroatoms. The number of carbonyl (C=O) groups excluding carboxylic acids is 1. The predicted octanol–water partition coefficient (Wildman–Crippen LogP) is 4.24. The van der Waals surface area contributed by atoms with Crippen molar-refractivity contribution in [2.75, 3.05) is 27.3 Å². The first kappa shape index (κ1) is 21.3. The van der Waals surface area contributed by atoms with E-state index in [4.69, 9.17) is 9.47 Å². The second-order valence-corrected chi connectivity index (χ2v) is 6.95. The van der Waals surface area contributed by atoms with E-state index in [9.17, 15) is 4.79 Å². The van der Waals surface area contributed by atoms with E-state index in [0.717, 1.165) is 25.2 Å². The summed E-state index contributed by atoms with van der Waals surface area (Å²) < 4.78 is 11.3. The molecule has 0 unspecified atom stereocenters. The number of ether oxygens (including phenoxy) is 2. The Morgan fingerprint density at radius 2 is 1.63 bits per heavy atom. The Kier molecular flexibility index (Phi) is 8.13. The van der Waals surface area contributed by atoms with Crippen molar-refractivity contribution in [1.29, 1.82) is 0 Å². The zero-order chi connectivity index (χ0) is 19.8. The van der Waals surface area contributed by atoms with Crippen molar-refractivity contribution in [3.05, 3.63) is 57.6 Å². The van der Waals surface area contributed by atoms with Crippen LogP contribution in [0.1, 0.15) is 35.3 Å². The van der Waals surface area contributed by atoms with Crippen molar-refractivity contribution < 1.29 is 14.3 Å². The van der Waals surface area contributed by atoms with Crippen LogP contribution in [0.15, 0.2) is 40.9 Å². The molecule has 0 bridgehead atoms. The molecular weight excluding hydrogens is 408 g/mol. The van der Waals surface area contributed by atoms with Crippen LogP contribution in [0.5, 0.6) is 11.5 Å². The van der Waals surface area contributed by atoms with Crippen molar-refractivity contribution in [1.82, 2.24) is 10.2 Å². The van der Waals surface area contributed by atoms with Crippen LogP contribution in [0.3, 0.4) is 0 Å². The minimum atomic E-state index is -0.173. The second kappa shape index (κ2) is 10.3. The lowest BCUT2D eigenvalue weighted by Crippen LogP contribution is -2.24. The third-order valence-corrected chi connectivity index (χ3v) is 5.23. The van der Waals surface area contributed by atoms with Crippen LogP contribution in [-0.4, -0.2) is 38.1 Å². The highest BCUT2D eigenvalue weighted by Gasteiger charge is 2.14. The molecular formula is C21H27BrN2O3. The number of methoxy groups -OCH3 is 2. The van der Waals surface area contributed by atoms with Crippen LogP contribution in [0.25, 0.3) is 0 Å². The highest BCUT2D eigenvalue weighted by atomic mass is 79.9. The quantitative estimate of drug-likeness (QED) is 0.640. The zero-order valence-electron chi connectivity index (χ0n) is 16.3. The lowest BCUT2D eigenvalue weighted by molar-refractivity contribution is 0.0950. The number of nitrogens with zero attached hydrogens (tertiary/aromatic N) is 1. The van der Waals surface area contributed by atoms with E-state index in [0.29, 0.717) is 28.1 Å².